The Balaban J connectivity index is 1.60. The minimum absolute atomic E-state index is 1.01. The van der Waals surface area contributed by atoms with E-state index in [2.05, 4.69) is 4.90 Å². The van der Waals surface area contributed by atoms with Gasteiger partial charge in [0, 0.05) is 18.6 Å². The van der Waals surface area contributed by atoms with Crippen molar-refractivity contribution in [2.45, 2.75) is 63.5 Å². The van der Waals surface area contributed by atoms with Crippen molar-refractivity contribution in [3.8, 4) is 0 Å². The largest absolute Gasteiger partial charge is 0.297 e. The van der Waals surface area contributed by atoms with Crippen molar-refractivity contribution in [2.24, 2.45) is 5.92 Å². The number of hydrogen-bond donors (Lipinski definition) is 0. The van der Waals surface area contributed by atoms with E-state index in [9.17, 15) is 0 Å². The molecule has 0 aromatic carbocycles. The maximum atomic E-state index is 2.86. The van der Waals surface area contributed by atoms with Gasteiger partial charge in [-0.3, -0.25) is 4.90 Å². The second kappa shape index (κ2) is 3.27. The minimum atomic E-state index is 1.01. The SMILES string of the molecule is C1CCC(CN2C3CCC2CC3)C1. The van der Waals surface area contributed by atoms with Crippen LogP contribution in [0.25, 0.3) is 0 Å². The molecule has 0 atom stereocenters. The van der Waals surface area contributed by atoms with Gasteiger partial charge in [-0.25, -0.2) is 0 Å². The second-order valence-corrected chi connectivity index (χ2v) is 5.31. The molecule has 13 heavy (non-hydrogen) atoms. The fraction of sp³-hybridized carbons (Fsp3) is 1.00. The molecule has 0 unspecified atom stereocenters. The quantitative estimate of drug-likeness (QED) is 0.630. The van der Waals surface area contributed by atoms with Gasteiger partial charge in [-0.1, -0.05) is 12.8 Å². The fourth-order valence-corrected chi connectivity index (χ4v) is 3.81. The predicted octanol–water partition coefficient (Wildman–Crippen LogP) is 2.80. The summed E-state index contributed by atoms with van der Waals surface area (Å²) in [4.78, 5) is 2.86. The number of fused-ring (bicyclic) bond motifs is 2. The summed E-state index contributed by atoms with van der Waals surface area (Å²) < 4.78 is 0. The maximum Gasteiger partial charge on any atom is 0.00994 e. The van der Waals surface area contributed by atoms with Crippen LogP contribution in [0.4, 0.5) is 0 Å². The molecule has 3 rings (SSSR count). The molecule has 0 spiro atoms. The maximum absolute atomic E-state index is 2.86. The van der Waals surface area contributed by atoms with Gasteiger partial charge >= 0.3 is 0 Å². The summed E-state index contributed by atoms with van der Waals surface area (Å²) in [7, 11) is 0. The molecule has 1 heteroatoms. The molecule has 1 nitrogen and oxygen atoms in total. The van der Waals surface area contributed by atoms with Crippen molar-refractivity contribution in [2.75, 3.05) is 6.54 Å². The highest BCUT2D eigenvalue weighted by atomic mass is 15.2. The van der Waals surface area contributed by atoms with Gasteiger partial charge in [0.15, 0.2) is 0 Å². The molecule has 0 aromatic heterocycles. The summed E-state index contributed by atoms with van der Waals surface area (Å²) in [6.07, 6.45) is 12.1. The average molecular weight is 179 g/mol. The van der Waals surface area contributed by atoms with Crippen molar-refractivity contribution in [1.82, 2.24) is 4.90 Å². The number of hydrogen-bond acceptors (Lipinski definition) is 1. The van der Waals surface area contributed by atoms with Gasteiger partial charge < -0.3 is 0 Å². The fourth-order valence-electron chi connectivity index (χ4n) is 3.81. The second-order valence-electron chi connectivity index (χ2n) is 5.31. The van der Waals surface area contributed by atoms with E-state index in [1.807, 2.05) is 0 Å². The average Bonchev–Trinajstić information content (AvgIpc) is 2.85. The minimum Gasteiger partial charge on any atom is -0.297 e. The third-order valence-electron chi connectivity index (χ3n) is 4.55. The van der Waals surface area contributed by atoms with Gasteiger partial charge in [0.2, 0.25) is 0 Å². The lowest BCUT2D eigenvalue weighted by Gasteiger charge is -2.24. The first-order valence-corrected chi connectivity index (χ1v) is 6.19. The van der Waals surface area contributed by atoms with Gasteiger partial charge in [-0.05, 0) is 44.4 Å². The summed E-state index contributed by atoms with van der Waals surface area (Å²) in [5.74, 6) is 1.07. The molecule has 1 saturated carbocycles. The lowest BCUT2D eigenvalue weighted by molar-refractivity contribution is 0.212. The zero-order valence-electron chi connectivity index (χ0n) is 8.54. The first kappa shape index (κ1) is 8.28. The summed E-state index contributed by atoms with van der Waals surface area (Å²) in [5, 5.41) is 0. The molecule has 2 aliphatic heterocycles. The van der Waals surface area contributed by atoms with Crippen LogP contribution in [0.3, 0.4) is 0 Å². The van der Waals surface area contributed by atoms with Crippen LogP contribution in [0.2, 0.25) is 0 Å². The molecule has 3 fully saturated rings. The van der Waals surface area contributed by atoms with Crippen molar-refractivity contribution in [1.29, 1.82) is 0 Å². The third-order valence-corrected chi connectivity index (χ3v) is 4.55. The van der Waals surface area contributed by atoms with E-state index in [4.69, 9.17) is 0 Å². The van der Waals surface area contributed by atoms with E-state index in [1.54, 1.807) is 0 Å². The van der Waals surface area contributed by atoms with Gasteiger partial charge in [0.25, 0.3) is 0 Å². The van der Waals surface area contributed by atoms with Crippen LogP contribution in [0, 0.1) is 5.92 Å². The molecule has 0 amide bonds. The molecular formula is C12H21N. The highest BCUT2D eigenvalue weighted by molar-refractivity contribution is 4.95. The smallest absolute Gasteiger partial charge is 0.00994 e. The zero-order chi connectivity index (χ0) is 8.67. The van der Waals surface area contributed by atoms with E-state index in [1.165, 1.54) is 57.9 Å². The lowest BCUT2D eigenvalue weighted by atomic mass is 10.0. The monoisotopic (exact) mass is 179 g/mol. The molecule has 0 N–H and O–H groups in total. The molecule has 2 heterocycles. The van der Waals surface area contributed by atoms with Crippen LogP contribution in [0.15, 0.2) is 0 Å². The zero-order valence-corrected chi connectivity index (χ0v) is 8.54. The topological polar surface area (TPSA) is 3.24 Å². The van der Waals surface area contributed by atoms with E-state index in [0.717, 1.165) is 18.0 Å². The van der Waals surface area contributed by atoms with Gasteiger partial charge in [0.1, 0.15) is 0 Å². The van der Waals surface area contributed by atoms with E-state index >= 15 is 0 Å². The van der Waals surface area contributed by atoms with E-state index in [-0.39, 0.29) is 0 Å². The van der Waals surface area contributed by atoms with Crippen LogP contribution < -0.4 is 0 Å². The summed E-state index contributed by atoms with van der Waals surface area (Å²) in [6.45, 7) is 1.45. The Morgan fingerprint density at radius 2 is 1.31 bits per heavy atom. The van der Waals surface area contributed by atoms with Crippen molar-refractivity contribution >= 4 is 0 Å². The van der Waals surface area contributed by atoms with Crippen LogP contribution in [-0.2, 0) is 0 Å². The Labute approximate surface area is 81.5 Å². The van der Waals surface area contributed by atoms with Crippen molar-refractivity contribution in [3.63, 3.8) is 0 Å². The van der Waals surface area contributed by atoms with Crippen molar-refractivity contribution in [3.05, 3.63) is 0 Å². The van der Waals surface area contributed by atoms with E-state index < -0.39 is 0 Å². The van der Waals surface area contributed by atoms with Crippen LogP contribution >= 0.6 is 0 Å². The van der Waals surface area contributed by atoms with E-state index in [0.29, 0.717) is 0 Å². The van der Waals surface area contributed by atoms with Crippen LogP contribution in [0.5, 0.6) is 0 Å². The number of nitrogens with zero attached hydrogens (tertiary/aromatic N) is 1. The summed E-state index contributed by atoms with van der Waals surface area (Å²) >= 11 is 0. The first-order valence-electron chi connectivity index (χ1n) is 6.19. The molecule has 1 aliphatic carbocycles. The van der Waals surface area contributed by atoms with Crippen molar-refractivity contribution < 1.29 is 0 Å². The first-order chi connectivity index (χ1) is 6.43. The Morgan fingerprint density at radius 3 is 1.85 bits per heavy atom. The summed E-state index contributed by atoms with van der Waals surface area (Å²) in [5.41, 5.74) is 0. The predicted molar refractivity (Wildman–Crippen MR) is 54.7 cm³/mol. The normalized spacial score (nSPS) is 40.6. The Hall–Kier alpha value is -0.0400. The molecule has 3 aliphatic rings. The number of rotatable bonds is 2. The lowest BCUT2D eigenvalue weighted by Crippen LogP contribution is -2.32. The Morgan fingerprint density at radius 1 is 0.769 bits per heavy atom. The molecule has 0 radical (unpaired) electrons. The highest BCUT2D eigenvalue weighted by Gasteiger charge is 2.39. The van der Waals surface area contributed by atoms with Crippen LogP contribution in [-0.4, -0.2) is 23.5 Å². The Kier molecular flexibility index (Phi) is 2.08. The highest BCUT2D eigenvalue weighted by Crippen LogP contribution is 2.39. The van der Waals surface area contributed by atoms with Gasteiger partial charge in [-0.2, -0.15) is 0 Å². The summed E-state index contributed by atoms with van der Waals surface area (Å²) in [6, 6.07) is 2.01. The molecular weight excluding hydrogens is 158 g/mol. The standard InChI is InChI=1S/C12H21N/c1-2-4-10(3-1)9-13-11-5-6-12(13)8-7-11/h10-12H,1-9H2. The molecule has 0 aromatic rings. The van der Waals surface area contributed by atoms with Gasteiger partial charge in [0.05, 0.1) is 0 Å². The Bertz CT molecular complexity index is 164. The molecule has 2 saturated heterocycles. The molecule has 2 bridgehead atoms. The van der Waals surface area contributed by atoms with Crippen LogP contribution in [0.1, 0.15) is 51.4 Å². The van der Waals surface area contributed by atoms with Gasteiger partial charge in [-0.15, -0.1) is 0 Å². The third kappa shape index (κ3) is 1.41. The molecule has 74 valence electrons.